The van der Waals surface area contributed by atoms with E-state index in [1.165, 1.54) is 0 Å². The molecule has 8 nitrogen and oxygen atoms in total. The van der Waals surface area contributed by atoms with E-state index in [0.717, 1.165) is 23.9 Å². The summed E-state index contributed by atoms with van der Waals surface area (Å²) in [4.78, 5) is 14.5. The molecule has 1 spiro atoms. The monoisotopic (exact) mass is 374 g/mol. The molecular weight excluding hydrogens is 348 g/mol. The van der Waals surface area contributed by atoms with Crippen molar-refractivity contribution in [3.63, 3.8) is 0 Å². The van der Waals surface area contributed by atoms with Crippen molar-refractivity contribution < 1.29 is 19.7 Å². The van der Waals surface area contributed by atoms with Gasteiger partial charge in [-0.1, -0.05) is 17.3 Å². The lowest BCUT2D eigenvalue weighted by atomic mass is 9.58. The summed E-state index contributed by atoms with van der Waals surface area (Å²) < 4.78 is 7.46. The lowest BCUT2D eigenvalue weighted by Gasteiger charge is -2.56. The number of benzene rings is 1. The van der Waals surface area contributed by atoms with Crippen LogP contribution in [0.3, 0.4) is 0 Å². The Hall–Kier alpha value is -2.03. The maximum atomic E-state index is 12.6. The summed E-state index contributed by atoms with van der Waals surface area (Å²) in [6, 6.07) is 7.72. The smallest absolute Gasteiger partial charge is 0.224 e. The molecule has 1 saturated carbocycles. The molecule has 2 heterocycles. The Morgan fingerprint density at radius 2 is 2.07 bits per heavy atom. The zero-order chi connectivity index (χ0) is 18.9. The minimum absolute atomic E-state index is 0.00967. The molecule has 0 radical (unpaired) electrons. The Balaban J connectivity index is 1.31. The number of aliphatic hydroxyl groups is 2. The molecule has 2 unspecified atom stereocenters. The number of para-hydroxylation sites is 1. The Kier molecular flexibility index (Phi) is 5.12. The molecule has 4 rings (SSSR count). The van der Waals surface area contributed by atoms with Gasteiger partial charge in [0.05, 0.1) is 37.5 Å². The number of hydrogen-bond acceptors (Lipinski definition) is 6. The number of piperidine rings is 1. The third-order valence-corrected chi connectivity index (χ3v) is 6.16. The number of rotatable bonds is 6. The Labute approximate surface area is 157 Å². The first-order chi connectivity index (χ1) is 13.1. The molecule has 2 N–H and O–H groups in total. The van der Waals surface area contributed by atoms with Crippen molar-refractivity contribution in [3.8, 4) is 0 Å². The third kappa shape index (κ3) is 3.33. The topological polar surface area (TPSA) is 101 Å². The van der Waals surface area contributed by atoms with Gasteiger partial charge >= 0.3 is 0 Å². The molecule has 1 aliphatic carbocycles. The highest BCUT2D eigenvalue weighted by Gasteiger charge is 2.56. The predicted molar refractivity (Wildman–Crippen MR) is 97.8 cm³/mol. The number of ether oxygens (including phenoxy) is 1. The minimum Gasteiger partial charge on any atom is -0.394 e. The molecule has 1 saturated heterocycles. The van der Waals surface area contributed by atoms with E-state index in [0.29, 0.717) is 39.1 Å². The van der Waals surface area contributed by atoms with Crippen LogP contribution in [0.25, 0.3) is 11.0 Å². The van der Waals surface area contributed by atoms with E-state index in [2.05, 4.69) is 10.3 Å². The highest BCUT2D eigenvalue weighted by molar-refractivity contribution is 5.77. The summed E-state index contributed by atoms with van der Waals surface area (Å²) in [6.07, 6.45) is 2.09. The number of nitrogens with zero attached hydrogens (tertiary/aromatic N) is 4. The molecule has 2 aliphatic rings. The fourth-order valence-electron chi connectivity index (χ4n) is 4.43. The van der Waals surface area contributed by atoms with Crippen LogP contribution in [0, 0.1) is 5.41 Å². The first-order valence-corrected chi connectivity index (χ1v) is 9.60. The van der Waals surface area contributed by atoms with Gasteiger partial charge in [0.25, 0.3) is 0 Å². The number of aromatic nitrogens is 3. The summed E-state index contributed by atoms with van der Waals surface area (Å²) in [7, 11) is 0. The molecule has 0 bridgehead atoms. The van der Waals surface area contributed by atoms with Gasteiger partial charge < -0.3 is 19.8 Å². The summed E-state index contributed by atoms with van der Waals surface area (Å²) in [5, 5.41) is 27.5. The SMILES string of the molecule is O=C(CCn1nnc2ccccc21)N1CCC2(CC1)C(O)CC2OCCO. The van der Waals surface area contributed by atoms with Crippen LogP contribution in [0.15, 0.2) is 24.3 Å². The van der Waals surface area contributed by atoms with Crippen LogP contribution in [0.1, 0.15) is 25.7 Å². The van der Waals surface area contributed by atoms with Crippen molar-refractivity contribution in [2.45, 2.75) is 44.4 Å². The molecule has 146 valence electrons. The molecule has 2 aromatic rings. The summed E-state index contributed by atoms with van der Waals surface area (Å²) in [6.45, 7) is 2.06. The lowest BCUT2D eigenvalue weighted by Crippen LogP contribution is -2.62. The van der Waals surface area contributed by atoms with E-state index in [9.17, 15) is 9.90 Å². The van der Waals surface area contributed by atoms with Gasteiger partial charge in [0.2, 0.25) is 5.91 Å². The molecule has 2 fully saturated rings. The number of carbonyl (C=O) groups is 1. The number of likely N-dealkylation sites (tertiary alicyclic amines) is 1. The second-order valence-corrected chi connectivity index (χ2v) is 7.50. The van der Waals surface area contributed by atoms with Gasteiger partial charge in [-0.25, -0.2) is 4.68 Å². The van der Waals surface area contributed by atoms with E-state index in [4.69, 9.17) is 9.84 Å². The summed E-state index contributed by atoms with van der Waals surface area (Å²) in [5.41, 5.74) is 1.51. The van der Waals surface area contributed by atoms with Gasteiger partial charge in [0, 0.05) is 31.3 Å². The quantitative estimate of drug-likeness (QED) is 0.767. The van der Waals surface area contributed by atoms with Gasteiger partial charge in [-0.2, -0.15) is 0 Å². The molecule has 1 aromatic heterocycles. The van der Waals surface area contributed by atoms with Crippen LogP contribution in [-0.2, 0) is 16.1 Å². The second-order valence-electron chi connectivity index (χ2n) is 7.50. The van der Waals surface area contributed by atoms with E-state index in [-0.39, 0.29) is 30.1 Å². The van der Waals surface area contributed by atoms with Gasteiger partial charge in [0.1, 0.15) is 5.52 Å². The fourth-order valence-corrected chi connectivity index (χ4v) is 4.43. The van der Waals surface area contributed by atoms with Crippen molar-refractivity contribution in [2.75, 3.05) is 26.3 Å². The van der Waals surface area contributed by atoms with Crippen LogP contribution < -0.4 is 0 Å². The number of carbonyl (C=O) groups excluding carboxylic acids is 1. The maximum Gasteiger partial charge on any atom is 0.224 e. The van der Waals surface area contributed by atoms with Gasteiger partial charge in [0.15, 0.2) is 0 Å². The van der Waals surface area contributed by atoms with E-state index < -0.39 is 0 Å². The van der Waals surface area contributed by atoms with Crippen molar-refractivity contribution in [3.05, 3.63) is 24.3 Å². The number of fused-ring (bicyclic) bond motifs is 1. The highest BCUT2D eigenvalue weighted by atomic mass is 16.5. The minimum atomic E-state index is -0.375. The molecule has 8 heteroatoms. The number of aliphatic hydroxyl groups excluding tert-OH is 2. The fraction of sp³-hybridized carbons (Fsp3) is 0.632. The Morgan fingerprint density at radius 1 is 1.30 bits per heavy atom. The first kappa shape index (κ1) is 18.3. The van der Waals surface area contributed by atoms with Crippen LogP contribution in [-0.4, -0.2) is 74.5 Å². The number of hydrogen-bond donors (Lipinski definition) is 2. The maximum absolute atomic E-state index is 12.6. The van der Waals surface area contributed by atoms with Gasteiger partial charge in [-0.05, 0) is 25.0 Å². The number of amides is 1. The molecule has 1 amide bonds. The second kappa shape index (κ2) is 7.53. The standard InChI is InChI=1S/C19H26N4O4/c24-11-12-27-17-13-16(25)19(17)6-9-22(10-7-19)18(26)5-8-23-15-4-2-1-3-14(15)20-21-23/h1-4,16-17,24-25H,5-13H2. The highest BCUT2D eigenvalue weighted by Crippen LogP contribution is 2.50. The average Bonchev–Trinajstić information content (AvgIpc) is 3.12. The van der Waals surface area contributed by atoms with Crippen LogP contribution in [0.5, 0.6) is 0 Å². The summed E-state index contributed by atoms with van der Waals surface area (Å²) in [5.74, 6) is 0.103. The molecule has 27 heavy (non-hydrogen) atoms. The zero-order valence-electron chi connectivity index (χ0n) is 15.3. The van der Waals surface area contributed by atoms with Crippen LogP contribution in [0.2, 0.25) is 0 Å². The van der Waals surface area contributed by atoms with E-state index >= 15 is 0 Å². The van der Waals surface area contributed by atoms with Crippen molar-refractivity contribution in [1.29, 1.82) is 0 Å². The van der Waals surface area contributed by atoms with E-state index in [1.54, 1.807) is 4.68 Å². The molecular formula is C19H26N4O4. The summed E-state index contributed by atoms with van der Waals surface area (Å²) >= 11 is 0. The molecule has 1 aromatic carbocycles. The van der Waals surface area contributed by atoms with Crippen molar-refractivity contribution in [1.82, 2.24) is 19.9 Å². The molecule has 2 atom stereocenters. The van der Waals surface area contributed by atoms with Crippen molar-refractivity contribution >= 4 is 16.9 Å². The van der Waals surface area contributed by atoms with Crippen molar-refractivity contribution in [2.24, 2.45) is 5.41 Å². The third-order valence-electron chi connectivity index (χ3n) is 6.16. The normalized spacial score (nSPS) is 24.3. The first-order valence-electron chi connectivity index (χ1n) is 9.60. The van der Waals surface area contributed by atoms with Gasteiger partial charge in [-0.15, -0.1) is 5.10 Å². The zero-order valence-corrected chi connectivity index (χ0v) is 15.3. The molecule has 1 aliphatic heterocycles. The Bertz CT molecular complexity index is 800. The lowest BCUT2D eigenvalue weighted by molar-refractivity contribution is -0.213. The van der Waals surface area contributed by atoms with Crippen LogP contribution >= 0.6 is 0 Å². The van der Waals surface area contributed by atoms with E-state index in [1.807, 2.05) is 29.2 Å². The average molecular weight is 374 g/mol. The van der Waals surface area contributed by atoms with Gasteiger partial charge in [-0.3, -0.25) is 4.79 Å². The Morgan fingerprint density at radius 3 is 2.81 bits per heavy atom. The largest absolute Gasteiger partial charge is 0.394 e. The predicted octanol–water partition coefficient (Wildman–Crippen LogP) is 0.572. The number of aryl methyl sites for hydroxylation is 1. The van der Waals surface area contributed by atoms with Crippen LogP contribution in [0.4, 0.5) is 0 Å².